The molecule has 0 atom stereocenters. The highest BCUT2D eigenvalue weighted by Gasteiger charge is 2.19. The average Bonchev–Trinajstić information content (AvgIpc) is 2.67. The minimum absolute atomic E-state index is 0.108. The van der Waals surface area contributed by atoms with Crippen molar-refractivity contribution in [2.45, 2.75) is 4.90 Å². The Hall–Kier alpha value is -2.85. The monoisotopic (exact) mass is 389 g/mol. The van der Waals surface area contributed by atoms with Crippen LogP contribution in [-0.2, 0) is 4.79 Å². The summed E-state index contributed by atoms with van der Waals surface area (Å²) in [5, 5.41) is 10.9. The molecule has 2 aromatic rings. The number of nitrogens with zero attached hydrogens (tertiary/aromatic N) is 3. The largest absolute Gasteiger partial charge is 0.480 e. The van der Waals surface area contributed by atoms with Crippen LogP contribution in [0.3, 0.4) is 0 Å². The summed E-state index contributed by atoms with van der Waals surface area (Å²) < 4.78 is 2.19. The summed E-state index contributed by atoms with van der Waals surface area (Å²) in [4.78, 5) is 43.6. The number of anilines is 1. The van der Waals surface area contributed by atoms with Gasteiger partial charge in [-0.25, -0.2) is 9.29 Å². The molecule has 1 amide bonds. The third-order valence-corrected chi connectivity index (χ3v) is 5.01. The lowest BCUT2D eigenvalue weighted by molar-refractivity contribution is -0.135. The fourth-order valence-electron chi connectivity index (χ4n) is 2.61. The summed E-state index contributed by atoms with van der Waals surface area (Å²) >= 11 is 1.55. The van der Waals surface area contributed by atoms with E-state index < -0.39 is 18.4 Å². The summed E-state index contributed by atoms with van der Waals surface area (Å²) in [5.41, 5.74) is 0.0707. The second-order valence-corrected chi connectivity index (χ2v) is 7.03. The molecule has 3 rings (SSSR count). The number of hydrogen-bond acceptors (Lipinski definition) is 7. The Morgan fingerprint density at radius 3 is 2.59 bits per heavy atom. The van der Waals surface area contributed by atoms with Gasteiger partial charge in [0, 0.05) is 43.3 Å². The molecule has 1 saturated heterocycles. The van der Waals surface area contributed by atoms with Gasteiger partial charge in [-0.15, -0.1) is 0 Å². The van der Waals surface area contributed by atoms with Gasteiger partial charge < -0.3 is 20.3 Å². The van der Waals surface area contributed by atoms with Crippen LogP contribution in [0.4, 0.5) is 5.82 Å². The fourth-order valence-corrected chi connectivity index (χ4v) is 3.48. The number of aliphatic carboxylic acids is 1. The molecule has 10 heteroatoms. The molecule has 2 aromatic heterocycles. The lowest BCUT2D eigenvalue weighted by Crippen LogP contribution is -2.44. The molecule has 1 fully saturated rings. The number of H-pyrrole nitrogens is 1. The van der Waals surface area contributed by atoms with E-state index in [1.165, 1.54) is 6.07 Å². The Balaban J connectivity index is 1.51. The number of carboxylic acids is 1. The Morgan fingerprint density at radius 1 is 1.19 bits per heavy atom. The number of carbonyl (C=O) groups excluding carboxylic acids is 1. The van der Waals surface area contributed by atoms with Gasteiger partial charge in [0.15, 0.2) is 0 Å². The SMILES string of the molecule is O=C(O)CNC(=O)c1ccc(SN2CCN(c3cccc(=O)[nH]3)CC2)cn1. The van der Waals surface area contributed by atoms with Crippen LogP contribution in [0.2, 0.25) is 0 Å². The number of rotatable bonds is 6. The second kappa shape index (κ2) is 8.69. The summed E-state index contributed by atoms with van der Waals surface area (Å²) in [6.07, 6.45) is 1.60. The van der Waals surface area contributed by atoms with Crippen LogP contribution in [0.25, 0.3) is 0 Å². The minimum Gasteiger partial charge on any atom is -0.480 e. The zero-order valence-electron chi connectivity index (χ0n) is 14.4. The van der Waals surface area contributed by atoms with E-state index in [1.54, 1.807) is 36.3 Å². The van der Waals surface area contributed by atoms with Gasteiger partial charge >= 0.3 is 5.97 Å². The number of carboxylic acid groups (broad SMARTS) is 1. The Bertz CT molecular complexity index is 862. The average molecular weight is 389 g/mol. The molecule has 0 aliphatic carbocycles. The number of carbonyl (C=O) groups is 2. The number of piperazine rings is 1. The molecular formula is C17H19N5O4S. The van der Waals surface area contributed by atoms with Crippen molar-refractivity contribution in [3.8, 4) is 0 Å². The third-order valence-electron chi connectivity index (χ3n) is 3.94. The molecule has 1 aliphatic heterocycles. The van der Waals surface area contributed by atoms with Crippen LogP contribution < -0.4 is 15.8 Å². The number of pyridine rings is 2. The van der Waals surface area contributed by atoms with Gasteiger partial charge in [-0.2, -0.15) is 0 Å². The van der Waals surface area contributed by atoms with Crippen LogP contribution in [0.1, 0.15) is 10.5 Å². The summed E-state index contributed by atoms with van der Waals surface area (Å²) in [5.74, 6) is -0.792. The minimum atomic E-state index is -1.10. The van der Waals surface area contributed by atoms with E-state index in [1.807, 2.05) is 6.07 Å². The topological polar surface area (TPSA) is 119 Å². The highest BCUT2D eigenvalue weighted by atomic mass is 32.2. The van der Waals surface area contributed by atoms with Gasteiger partial charge in [-0.3, -0.25) is 14.4 Å². The van der Waals surface area contributed by atoms with Gasteiger partial charge in [0.05, 0.1) is 0 Å². The molecule has 0 unspecified atom stereocenters. The zero-order chi connectivity index (χ0) is 19.2. The first kappa shape index (κ1) is 18.9. The second-order valence-electron chi connectivity index (χ2n) is 5.86. The molecule has 0 spiro atoms. The Kier molecular flexibility index (Phi) is 6.09. The van der Waals surface area contributed by atoms with Crippen LogP contribution in [0.5, 0.6) is 0 Å². The molecule has 0 bridgehead atoms. The van der Waals surface area contributed by atoms with Crippen LogP contribution in [0.15, 0.2) is 46.2 Å². The first-order valence-electron chi connectivity index (χ1n) is 8.34. The lowest BCUT2D eigenvalue weighted by Gasteiger charge is -2.34. The summed E-state index contributed by atoms with van der Waals surface area (Å²) in [7, 11) is 0. The first-order chi connectivity index (χ1) is 13.0. The van der Waals surface area contributed by atoms with Crippen molar-refractivity contribution in [3.63, 3.8) is 0 Å². The van der Waals surface area contributed by atoms with E-state index in [4.69, 9.17) is 5.11 Å². The third kappa shape index (κ3) is 5.31. The molecule has 0 aromatic carbocycles. The van der Waals surface area contributed by atoms with E-state index in [9.17, 15) is 14.4 Å². The predicted molar refractivity (Wildman–Crippen MR) is 101 cm³/mol. The highest BCUT2D eigenvalue weighted by molar-refractivity contribution is 7.97. The molecule has 9 nitrogen and oxygen atoms in total. The molecule has 1 aliphatic rings. The lowest BCUT2D eigenvalue weighted by atomic mass is 10.3. The van der Waals surface area contributed by atoms with E-state index in [0.29, 0.717) is 0 Å². The van der Waals surface area contributed by atoms with Crippen molar-refractivity contribution >= 4 is 29.6 Å². The molecule has 142 valence electrons. The van der Waals surface area contributed by atoms with Gasteiger partial charge in [0.25, 0.3) is 5.91 Å². The van der Waals surface area contributed by atoms with Crippen LogP contribution in [0, 0.1) is 0 Å². The van der Waals surface area contributed by atoms with Crippen molar-refractivity contribution in [2.24, 2.45) is 0 Å². The van der Waals surface area contributed by atoms with Crippen LogP contribution >= 0.6 is 11.9 Å². The van der Waals surface area contributed by atoms with Crippen molar-refractivity contribution in [1.29, 1.82) is 0 Å². The number of amides is 1. The molecule has 3 heterocycles. The van der Waals surface area contributed by atoms with Gasteiger partial charge in [0.2, 0.25) is 5.56 Å². The highest BCUT2D eigenvalue weighted by Crippen LogP contribution is 2.24. The smallest absolute Gasteiger partial charge is 0.322 e. The molecular weight excluding hydrogens is 370 g/mol. The van der Waals surface area contributed by atoms with Gasteiger partial charge in [0.1, 0.15) is 18.1 Å². The Morgan fingerprint density at radius 2 is 1.96 bits per heavy atom. The van der Waals surface area contributed by atoms with Crippen molar-refractivity contribution in [3.05, 3.63) is 52.6 Å². The predicted octanol–water partition coefficient (Wildman–Crippen LogP) is 0.414. The zero-order valence-corrected chi connectivity index (χ0v) is 15.2. The van der Waals surface area contributed by atoms with Crippen molar-refractivity contribution in [2.75, 3.05) is 37.6 Å². The van der Waals surface area contributed by atoms with E-state index in [-0.39, 0.29) is 11.3 Å². The summed E-state index contributed by atoms with van der Waals surface area (Å²) in [6.45, 7) is 2.75. The van der Waals surface area contributed by atoms with Gasteiger partial charge in [-0.1, -0.05) is 6.07 Å². The van der Waals surface area contributed by atoms with Crippen molar-refractivity contribution in [1.82, 2.24) is 19.6 Å². The normalized spacial score (nSPS) is 14.7. The summed E-state index contributed by atoms with van der Waals surface area (Å²) in [6, 6.07) is 8.49. The molecule has 3 N–H and O–H groups in total. The standard InChI is InChI=1S/C17H19N5O4S/c23-15-3-1-2-14(20-15)21-6-8-22(9-7-21)27-12-4-5-13(18-10-12)17(26)19-11-16(24)25/h1-5,10H,6-9,11H2,(H,19,26)(H,20,23)(H,24,25). The first-order valence-corrected chi connectivity index (χ1v) is 9.12. The molecule has 0 saturated carbocycles. The number of aromatic nitrogens is 2. The maximum Gasteiger partial charge on any atom is 0.322 e. The number of aromatic amines is 1. The van der Waals surface area contributed by atoms with Crippen molar-refractivity contribution < 1.29 is 14.7 Å². The molecule has 27 heavy (non-hydrogen) atoms. The maximum atomic E-state index is 11.8. The van der Waals surface area contributed by atoms with Crippen LogP contribution in [-0.4, -0.2) is 64.0 Å². The van der Waals surface area contributed by atoms with E-state index in [2.05, 4.69) is 24.5 Å². The van der Waals surface area contributed by atoms with E-state index in [0.717, 1.165) is 36.9 Å². The maximum absolute atomic E-state index is 11.8. The van der Waals surface area contributed by atoms with Gasteiger partial charge in [-0.05, 0) is 30.1 Å². The fraction of sp³-hybridized carbons (Fsp3) is 0.294. The quantitative estimate of drug-likeness (QED) is 0.608. The Labute approximate surface area is 159 Å². The molecule has 0 radical (unpaired) electrons. The van der Waals surface area contributed by atoms with E-state index >= 15 is 0 Å². The number of hydrogen-bond donors (Lipinski definition) is 3. The number of nitrogens with one attached hydrogen (secondary N) is 2.